The van der Waals surface area contributed by atoms with Crippen molar-refractivity contribution in [1.29, 1.82) is 0 Å². The zero-order valence-electron chi connectivity index (χ0n) is 16.5. The van der Waals surface area contributed by atoms with E-state index in [1.54, 1.807) is 7.11 Å². The Hall–Kier alpha value is -2.15. The summed E-state index contributed by atoms with van der Waals surface area (Å²) in [6.07, 6.45) is 6.28. The molecule has 2 aromatic rings. The van der Waals surface area contributed by atoms with E-state index < -0.39 is 0 Å². The first-order chi connectivity index (χ1) is 12.3. The number of hydrogen-bond donors (Lipinski definition) is 1. The lowest BCUT2D eigenvalue weighted by Gasteiger charge is -2.34. The van der Waals surface area contributed by atoms with Crippen molar-refractivity contribution >= 4 is 11.5 Å². The molecule has 26 heavy (non-hydrogen) atoms. The van der Waals surface area contributed by atoms with E-state index in [1.807, 2.05) is 24.0 Å². The van der Waals surface area contributed by atoms with E-state index in [0.29, 0.717) is 12.6 Å². The van der Waals surface area contributed by atoms with Crippen molar-refractivity contribution in [3.8, 4) is 0 Å². The van der Waals surface area contributed by atoms with E-state index in [-0.39, 0.29) is 5.41 Å². The average Bonchev–Trinajstić information content (AvgIpc) is 3.01. The lowest BCUT2D eigenvalue weighted by molar-refractivity contribution is 0.181. The Morgan fingerprint density at radius 1 is 1.31 bits per heavy atom. The molecule has 0 aromatic carbocycles. The third kappa shape index (κ3) is 4.52. The van der Waals surface area contributed by atoms with Gasteiger partial charge in [0.05, 0.1) is 24.2 Å². The topological polar surface area (TPSA) is 68.1 Å². The van der Waals surface area contributed by atoms with Crippen molar-refractivity contribution in [2.75, 3.05) is 30.4 Å². The van der Waals surface area contributed by atoms with Gasteiger partial charge in [0.25, 0.3) is 0 Å². The second-order valence-corrected chi connectivity index (χ2v) is 8.05. The third-order valence-corrected chi connectivity index (χ3v) is 4.57. The maximum absolute atomic E-state index is 5.28. The number of methoxy groups -OCH3 is 1. The van der Waals surface area contributed by atoms with Crippen LogP contribution >= 0.6 is 0 Å². The van der Waals surface area contributed by atoms with E-state index >= 15 is 0 Å². The molecule has 1 saturated heterocycles. The largest absolute Gasteiger partial charge is 0.378 e. The molecule has 2 aromatic heterocycles. The molecule has 1 atom stereocenters. The molecule has 3 rings (SSSR count). The molecule has 0 spiro atoms. The molecular weight excluding hydrogens is 328 g/mol. The van der Waals surface area contributed by atoms with Gasteiger partial charge in [-0.2, -0.15) is 5.10 Å². The van der Waals surface area contributed by atoms with E-state index in [4.69, 9.17) is 9.72 Å². The Balaban J connectivity index is 1.75. The molecule has 7 nitrogen and oxygen atoms in total. The Kier molecular flexibility index (Phi) is 5.46. The van der Waals surface area contributed by atoms with Crippen LogP contribution in [0.25, 0.3) is 0 Å². The number of nitrogens with one attached hydrogen (secondary N) is 1. The summed E-state index contributed by atoms with van der Waals surface area (Å²) >= 11 is 0. The zero-order chi connectivity index (χ0) is 18.7. The van der Waals surface area contributed by atoms with Crippen LogP contribution in [0, 0.1) is 0 Å². The van der Waals surface area contributed by atoms with Crippen molar-refractivity contribution in [1.82, 2.24) is 19.7 Å². The molecule has 1 aliphatic heterocycles. The van der Waals surface area contributed by atoms with Crippen LogP contribution in [0.2, 0.25) is 0 Å². The van der Waals surface area contributed by atoms with Gasteiger partial charge in [0.1, 0.15) is 11.6 Å². The molecule has 1 unspecified atom stereocenters. The molecular formula is C19H30N6O. The molecule has 1 aliphatic rings. The van der Waals surface area contributed by atoms with Crippen molar-refractivity contribution in [2.45, 2.75) is 51.7 Å². The number of nitrogens with zero attached hydrogens (tertiary/aromatic N) is 5. The van der Waals surface area contributed by atoms with Gasteiger partial charge in [-0.3, -0.25) is 4.68 Å². The van der Waals surface area contributed by atoms with Gasteiger partial charge in [-0.1, -0.05) is 20.8 Å². The predicted octanol–water partition coefficient (Wildman–Crippen LogP) is 2.73. The quantitative estimate of drug-likeness (QED) is 0.886. The van der Waals surface area contributed by atoms with Gasteiger partial charge < -0.3 is 15.0 Å². The normalized spacial score (nSPS) is 18.2. The summed E-state index contributed by atoms with van der Waals surface area (Å²) in [6, 6.07) is 2.35. The highest BCUT2D eigenvalue weighted by atomic mass is 16.5. The summed E-state index contributed by atoms with van der Waals surface area (Å²) in [5.74, 6) is 1.73. The lowest BCUT2D eigenvalue weighted by Crippen LogP contribution is -2.42. The summed E-state index contributed by atoms with van der Waals surface area (Å²) < 4.78 is 7.13. The van der Waals surface area contributed by atoms with Crippen molar-refractivity contribution in [3.05, 3.63) is 30.0 Å². The Bertz CT molecular complexity index is 736. The fourth-order valence-electron chi connectivity index (χ4n) is 3.24. The standard InChI is InChI=1S/C19H30N6O/c1-19(2,3)18-22-15(13-26-5)9-17(23-18)21-14-7-6-8-25(11-14)16-10-20-24(4)12-16/h9-10,12,14H,6-8,11,13H2,1-5H3,(H,21,22,23). The van der Waals surface area contributed by atoms with Crippen LogP contribution in [0.15, 0.2) is 18.5 Å². The predicted molar refractivity (Wildman–Crippen MR) is 104 cm³/mol. The van der Waals surface area contributed by atoms with Crippen molar-refractivity contribution < 1.29 is 4.74 Å². The minimum Gasteiger partial charge on any atom is -0.378 e. The van der Waals surface area contributed by atoms with Crippen LogP contribution in [-0.2, 0) is 23.8 Å². The number of rotatable bonds is 5. The SMILES string of the molecule is COCc1cc(NC2CCCN(c3cnn(C)c3)C2)nc(C(C)(C)C)n1. The molecule has 0 aliphatic carbocycles. The summed E-state index contributed by atoms with van der Waals surface area (Å²) in [4.78, 5) is 11.8. The van der Waals surface area contributed by atoms with E-state index in [0.717, 1.165) is 43.3 Å². The summed E-state index contributed by atoms with van der Waals surface area (Å²) in [7, 11) is 3.65. The average molecular weight is 358 g/mol. The molecule has 142 valence electrons. The molecule has 0 amide bonds. The van der Waals surface area contributed by atoms with E-state index in [2.05, 4.69) is 47.3 Å². The van der Waals surface area contributed by atoms with Gasteiger partial charge in [-0.25, -0.2) is 9.97 Å². The number of ether oxygens (including phenoxy) is 1. The summed E-state index contributed by atoms with van der Waals surface area (Å²) in [5, 5.41) is 7.91. The molecule has 0 saturated carbocycles. The Morgan fingerprint density at radius 3 is 2.77 bits per heavy atom. The van der Waals surface area contributed by atoms with Crippen LogP contribution in [0.4, 0.5) is 11.5 Å². The molecule has 1 fully saturated rings. The second kappa shape index (κ2) is 7.61. The molecule has 0 radical (unpaired) electrons. The van der Waals surface area contributed by atoms with Gasteiger partial charge in [0, 0.05) is 51.0 Å². The molecule has 0 bridgehead atoms. The molecule has 3 heterocycles. The number of anilines is 2. The first-order valence-corrected chi connectivity index (χ1v) is 9.22. The monoisotopic (exact) mass is 358 g/mol. The summed E-state index contributed by atoms with van der Waals surface area (Å²) in [6.45, 7) is 8.90. The van der Waals surface area contributed by atoms with Crippen molar-refractivity contribution in [3.63, 3.8) is 0 Å². The highest BCUT2D eigenvalue weighted by molar-refractivity contribution is 5.45. The van der Waals surface area contributed by atoms with Crippen LogP contribution in [0.1, 0.15) is 45.1 Å². The second-order valence-electron chi connectivity index (χ2n) is 8.05. The van der Waals surface area contributed by atoms with Crippen LogP contribution in [0.3, 0.4) is 0 Å². The highest BCUT2D eigenvalue weighted by Gasteiger charge is 2.23. The number of piperidine rings is 1. The first-order valence-electron chi connectivity index (χ1n) is 9.22. The number of aromatic nitrogens is 4. The number of hydrogen-bond acceptors (Lipinski definition) is 6. The maximum atomic E-state index is 5.28. The van der Waals surface area contributed by atoms with Gasteiger partial charge in [0.2, 0.25) is 0 Å². The summed E-state index contributed by atoms with van der Waals surface area (Å²) in [5.41, 5.74) is 1.99. The highest BCUT2D eigenvalue weighted by Crippen LogP contribution is 2.24. The van der Waals surface area contributed by atoms with Crippen LogP contribution < -0.4 is 10.2 Å². The number of aryl methyl sites for hydroxylation is 1. The minimum atomic E-state index is -0.103. The molecule has 7 heteroatoms. The zero-order valence-corrected chi connectivity index (χ0v) is 16.5. The minimum absolute atomic E-state index is 0.103. The smallest absolute Gasteiger partial charge is 0.136 e. The fourth-order valence-corrected chi connectivity index (χ4v) is 3.24. The van der Waals surface area contributed by atoms with Gasteiger partial charge in [-0.05, 0) is 12.8 Å². The van der Waals surface area contributed by atoms with Gasteiger partial charge in [0.15, 0.2) is 0 Å². The Labute approximate surface area is 155 Å². The van der Waals surface area contributed by atoms with Crippen LogP contribution in [-0.4, -0.2) is 46.0 Å². The van der Waals surface area contributed by atoms with E-state index in [1.165, 1.54) is 5.69 Å². The maximum Gasteiger partial charge on any atom is 0.136 e. The van der Waals surface area contributed by atoms with Gasteiger partial charge >= 0.3 is 0 Å². The fraction of sp³-hybridized carbons (Fsp3) is 0.632. The first kappa shape index (κ1) is 18.6. The Morgan fingerprint density at radius 2 is 2.12 bits per heavy atom. The van der Waals surface area contributed by atoms with Crippen LogP contribution in [0.5, 0.6) is 0 Å². The van der Waals surface area contributed by atoms with Crippen molar-refractivity contribution in [2.24, 2.45) is 7.05 Å². The third-order valence-electron chi connectivity index (χ3n) is 4.57. The van der Waals surface area contributed by atoms with E-state index in [9.17, 15) is 0 Å². The molecule has 1 N–H and O–H groups in total. The van der Waals surface area contributed by atoms with Gasteiger partial charge in [-0.15, -0.1) is 0 Å². The lowest BCUT2D eigenvalue weighted by atomic mass is 9.95.